The molecule has 0 aromatic carbocycles. The smallest absolute Gasteiger partial charge is 0.223 e. The number of hydrogen-bond donors (Lipinski definition) is 1. The van der Waals surface area contributed by atoms with Crippen LogP contribution in [0.4, 0.5) is 5.82 Å². The number of carbonyl (C=O) groups is 1. The summed E-state index contributed by atoms with van der Waals surface area (Å²) in [6.45, 7) is 8.61. The quantitative estimate of drug-likeness (QED) is 0.425. The molecule has 1 saturated heterocycles. The zero-order valence-corrected chi connectivity index (χ0v) is 20.1. The van der Waals surface area contributed by atoms with Gasteiger partial charge in [0.15, 0.2) is 0 Å². The van der Waals surface area contributed by atoms with Gasteiger partial charge in [-0.3, -0.25) is 9.78 Å². The summed E-state index contributed by atoms with van der Waals surface area (Å²) in [5.41, 5.74) is 1.54. The molecule has 3 aromatic heterocycles. The van der Waals surface area contributed by atoms with Crippen LogP contribution in [-0.2, 0) is 9.53 Å². The normalized spacial score (nSPS) is 15.1. The largest absolute Gasteiger partial charge is 0.374 e. The molecule has 0 radical (unpaired) electrons. The molecule has 33 heavy (non-hydrogen) atoms. The third-order valence-corrected chi connectivity index (χ3v) is 5.94. The van der Waals surface area contributed by atoms with Crippen LogP contribution in [0.25, 0.3) is 22.0 Å². The highest BCUT2D eigenvalue weighted by Gasteiger charge is 2.26. The maximum absolute atomic E-state index is 12.6. The van der Waals surface area contributed by atoms with Crippen molar-refractivity contribution < 1.29 is 9.53 Å². The molecule has 1 amide bonds. The summed E-state index contributed by atoms with van der Waals surface area (Å²) in [4.78, 5) is 28.2. The van der Waals surface area contributed by atoms with E-state index >= 15 is 0 Å². The first-order valence-corrected chi connectivity index (χ1v) is 11.7. The molecule has 0 unspecified atom stereocenters. The summed E-state index contributed by atoms with van der Waals surface area (Å²) in [6.07, 6.45) is 6.89. The number of anilines is 1. The Kier molecular flexibility index (Phi) is 7.10. The number of carbonyl (C=O) groups excluding carboxylic acids is 1. The lowest BCUT2D eigenvalue weighted by Crippen LogP contribution is -2.42. The Morgan fingerprint density at radius 2 is 2.00 bits per heavy atom. The molecular formula is C25H30ClN5O2. The van der Waals surface area contributed by atoms with Crippen LogP contribution in [0.2, 0.25) is 5.15 Å². The van der Waals surface area contributed by atoms with Crippen LogP contribution in [0.1, 0.15) is 33.6 Å². The summed E-state index contributed by atoms with van der Waals surface area (Å²) < 4.78 is 5.69. The zero-order chi connectivity index (χ0) is 23.4. The molecule has 1 fully saturated rings. The van der Waals surface area contributed by atoms with Gasteiger partial charge in [-0.05, 0) is 57.9 Å². The number of pyridine rings is 3. The van der Waals surface area contributed by atoms with Crippen molar-refractivity contribution in [1.29, 1.82) is 0 Å². The van der Waals surface area contributed by atoms with E-state index in [1.165, 1.54) is 0 Å². The number of piperidine rings is 1. The van der Waals surface area contributed by atoms with Gasteiger partial charge in [0.25, 0.3) is 0 Å². The molecule has 4 rings (SSSR count). The second kappa shape index (κ2) is 10.0. The van der Waals surface area contributed by atoms with Crippen LogP contribution in [-0.4, -0.2) is 52.7 Å². The third-order valence-electron chi connectivity index (χ3n) is 5.74. The first kappa shape index (κ1) is 23.4. The number of aromatic nitrogens is 3. The minimum atomic E-state index is -0.197. The van der Waals surface area contributed by atoms with Gasteiger partial charge in [0, 0.05) is 60.5 Å². The fourth-order valence-corrected chi connectivity index (χ4v) is 4.23. The van der Waals surface area contributed by atoms with E-state index in [-0.39, 0.29) is 17.4 Å². The molecule has 0 bridgehead atoms. The fraction of sp³-hybridized carbons (Fsp3) is 0.440. The molecular weight excluding hydrogens is 438 g/mol. The maximum atomic E-state index is 12.6. The fourth-order valence-electron chi connectivity index (χ4n) is 4.06. The standard InChI is InChI=1S/C25H30ClN5O2/c1-25(2,3)33-13-10-29-24(32)17-6-11-31(12-7-17)23-20-5-8-27-16-19(20)14-21(30-23)18-4-9-28-22(26)15-18/h4-5,8-9,14-17H,6-7,10-13H2,1-3H3,(H,29,32). The van der Waals surface area contributed by atoms with Gasteiger partial charge in [-0.1, -0.05) is 11.6 Å². The molecule has 174 valence electrons. The summed E-state index contributed by atoms with van der Waals surface area (Å²) in [5.74, 6) is 1.02. The molecule has 1 aliphatic heterocycles. The van der Waals surface area contributed by atoms with E-state index in [4.69, 9.17) is 21.3 Å². The van der Waals surface area contributed by atoms with Gasteiger partial charge in [0.05, 0.1) is 17.9 Å². The van der Waals surface area contributed by atoms with E-state index in [1.54, 1.807) is 12.4 Å². The second-order valence-corrected chi connectivity index (χ2v) is 9.70. The molecule has 4 heterocycles. The van der Waals surface area contributed by atoms with E-state index in [0.717, 1.165) is 53.8 Å². The molecule has 0 saturated carbocycles. The predicted molar refractivity (Wildman–Crippen MR) is 131 cm³/mol. The van der Waals surface area contributed by atoms with E-state index in [2.05, 4.69) is 20.2 Å². The molecule has 0 aliphatic carbocycles. The van der Waals surface area contributed by atoms with Gasteiger partial charge < -0.3 is 15.0 Å². The summed E-state index contributed by atoms with van der Waals surface area (Å²) in [6, 6.07) is 7.74. The number of halogens is 1. The lowest BCUT2D eigenvalue weighted by molar-refractivity contribution is -0.126. The van der Waals surface area contributed by atoms with Crippen molar-refractivity contribution in [2.24, 2.45) is 5.92 Å². The van der Waals surface area contributed by atoms with Crippen LogP contribution in [0.15, 0.2) is 42.9 Å². The monoisotopic (exact) mass is 467 g/mol. The third kappa shape index (κ3) is 5.97. The first-order valence-electron chi connectivity index (χ1n) is 11.3. The molecule has 1 N–H and O–H groups in total. The Morgan fingerprint density at radius 1 is 1.21 bits per heavy atom. The van der Waals surface area contributed by atoms with E-state index in [9.17, 15) is 4.79 Å². The van der Waals surface area contributed by atoms with Crippen molar-refractivity contribution in [3.8, 4) is 11.3 Å². The number of fused-ring (bicyclic) bond motifs is 1. The lowest BCUT2D eigenvalue weighted by Gasteiger charge is -2.33. The van der Waals surface area contributed by atoms with Crippen molar-refractivity contribution in [2.75, 3.05) is 31.1 Å². The first-order chi connectivity index (χ1) is 15.8. The Morgan fingerprint density at radius 3 is 2.73 bits per heavy atom. The predicted octanol–water partition coefficient (Wildman–Crippen LogP) is 4.49. The summed E-state index contributed by atoms with van der Waals surface area (Å²) in [5, 5.41) is 5.52. The van der Waals surface area contributed by atoms with Crippen LogP contribution >= 0.6 is 11.6 Å². The Labute approximate surface area is 199 Å². The molecule has 3 aromatic rings. The molecule has 0 spiro atoms. The number of amides is 1. The number of nitrogens with one attached hydrogen (secondary N) is 1. The van der Waals surface area contributed by atoms with Gasteiger partial charge in [-0.2, -0.15) is 0 Å². The van der Waals surface area contributed by atoms with Crippen molar-refractivity contribution in [3.63, 3.8) is 0 Å². The zero-order valence-electron chi connectivity index (χ0n) is 19.3. The van der Waals surface area contributed by atoms with Gasteiger partial charge >= 0.3 is 0 Å². The van der Waals surface area contributed by atoms with Crippen molar-refractivity contribution >= 4 is 34.1 Å². The molecule has 8 heteroatoms. The van der Waals surface area contributed by atoms with E-state index in [0.29, 0.717) is 18.3 Å². The Balaban J connectivity index is 1.46. The van der Waals surface area contributed by atoms with Crippen molar-refractivity contribution in [2.45, 2.75) is 39.2 Å². The minimum Gasteiger partial charge on any atom is -0.374 e. The number of hydrogen-bond acceptors (Lipinski definition) is 6. The number of nitrogens with zero attached hydrogens (tertiary/aromatic N) is 4. The minimum absolute atomic E-state index is 0.00556. The molecule has 1 aliphatic rings. The van der Waals surface area contributed by atoms with Crippen molar-refractivity contribution in [1.82, 2.24) is 20.3 Å². The van der Waals surface area contributed by atoms with E-state index in [1.807, 2.05) is 51.2 Å². The lowest BCUT2D eigenvalue weighted by atomic mass is 9.95. The van der Waals surface area contributed by atoms with Gasteiger partial charge in [0.1, 0.15) is 11.0 Å². The van der Waals surface area contributed by atoms with Crippen LogP contribution in [0.5, 0.6) is 0 Å². The highest BCUT2D eigenvalue weighted by Crippen LogP contribution is 2.32. The van der Waals surface area contributed by atoms with Gasteiger partial charge in [0.2, 0.25) is 5.91 Å². The summed E-state index contributed by atoms with van der Waals surface area (Å²) >= 11 is 6.11. The highest BCUT2D eigenvalue weighted by atomic mass is 35.5. The maximum Gasteiger partial charge on any atom is 0.223 e. The number of rotatable bonds is 6. The van der Waals surface area contributed by atoms with Gasteiger partial charge in [-0.25, -0.2) is 9.97 Å². The number of ether oxygens (including phenoxy) is 1. The average Bonchev–Trinajstić information content (AvgIpc) is 2.80. The Bertz CT molecular complexity index is 1120. The molecule has 0 atom stereocenters. The van der Waals surface area contributed by atoms with E-state index < -0.39 is 0 Å². The Hall–Kier alpha value is -2.77. The topological polar surface area (TPSA) is 80.2 Å². The van der Waals surface area contributed by atoms with Crippen molar-refractivity contribution in [3.05, 3.63) is 48.0 Å². The van der Waals surface area contributed by atoms with Crippen LogP contribution < -0.4 is 10.2 Å². The van der Waals surface area contributed by atoms with Crippen LogP contribution in [0.3, 0.4) is 0 Å². The highest BCUT2D eigenvalue weighted by molar-refractivity contribution is 6.29. The van der Waals surface area contributed by atoms with Gasteiger partial charge in [-0.15, -0.1) is 0 Å². The SMILES string of the molecule is CC(C)(C)OCCNC(=O)C1CCN(c2nc(-c3ccnc(Cl)c3)cc3cnccc23)CC1. The molecule has 7 nitrogen and oxygen atoms in total. The summed E-state index contributed by atoms with van der Waals surface area (Å²) in [7, 11) is 0. The second-order valence-electron chi connectivity index (χ2n) is 9.31. The average molecular weight is 468 g/mol. The van der Waals surface area contributed by atoms with Crippen LogP contribution in [0, 0.1) is 5.92 Å².